The van der Waals surface area contributed by atoms with Crippen LogP contribution in [0.3, 0.4) is 0 Å². The normalized spacial score (nSPS) is 14.6. The van der Waals surface area contributed by atoms with E-state index in [1.807, 2.05) is 24.3 Å². The van der Waals surface area contributed by atoms with E-state index < -0.39 is 11.5 Å². The summed E-state index contributed by atoms with van der Waals surface area (Å²) in [5, 5.41) is 10.9. The lowest BCUT2D eigenvalue weighted by Gasteiger charge is -2.22. The standard InChI is InChI=1S/C12H17NO2/c1-3-4-9-5-7-10(8-6-9)12(2,13)11(14)15/h5-8H,3-4,13H2,1-2H3,(H,14,15)/t12-/m1/s1. The van der Waals surface area contributed by atoms with Gasteiger partial charge in [0.15, 0.2) is 5.54 Å². The molecule has 3 N–H and O–H groups in total. The Bertz CT molecular complexity index is 341. The molecule has 1 aromatic carbocycles. The molecule has 0 saturated carbocycles. The minimum Gasteiger partial charge on any atom is -0.543 e. The van der Waals surface area contributed by atoms with Gasteiger partial charge in [0.2, 0.25) is 0 Å². The second kappa shape index (κ2) is 4.45. The molecule has 0 radical (unpaired) electrons. The number of aliphatic carboxylic acids is 1. The second-order valence-electron chi connectivity index (χ2n) is 4.07. The van der Waals surface area contributed by atoms with Crippen LogP contribution < -0.4 is 10.8 Å². The molecule has 0 aliphatic rings. The molecule has 0 unspecified atom stereocenters. The third kappa shape index (κ3) is 2.57. The molecule has 3 nitrogen and oxygen atoms in total. The highest BCUT2D eigenvalue weighted by Gasteiger charge is 2.26. The molecule has 1 aromatic rings. The SMILES string of the molecule is CCCc1ccc([C@@](C)([NH3+])C(=O)[O-])cc1. The zero-order valence-corrected chi connectivity index (χ0v) is 9.25. The second-order valence-corrected chi connectivity index (χ2v) is 4.07. The van der Waals surface area contributed by atoms with E-state index in [1.54, 1.807) is 6.92 Å². The van der Waals surface area contributed by atoms with Crippen LogP contribution in [0.5, 0.6) is 0 Å². The van der Waals surface area contributed by atoms with E-state index in [1.165, 1.54) is 5.56 Å². The number of carbonyl (C=O) groups excluding carboxylic acids is 1. The summed E-state index contributed by atoms with van der Waals surface area (Å²) in [5.74, 6) is -1.15. The molecule has 0 aromatic heterocycles. The quantitative estimate of drug-likeness (QED) is 0.745. The van der Waals surface area contributed by atoms with Crippen LogP contribution >= 0.6 is 0 Å². The number of rotatable bonds is 4. The molecule has 0 aliphatic heterocycles. The van der Waals surface area contributed by atoms with Crippen molar-refractivity contribution in [2.24, 2.45) is 0 Å². The third-order valence-electron chi connectivity index (χ3n) is 2.58. The molecule has 0 heterocycles. The van der Waals surface area contributed by atoms with Crippen molar-refractivity contribution < 1.29 is 15.6 Å². The molecular weight excluding hydrogens is 190 g/mol. The summed E-state index contributed by atoms with van der Waals surface area (Å²) in [6, 6.07) is 7.53. The molecule has 0 aliphatic carbocycles. The zero-order valence-electron chi connectivity index (χ0n) is 9.25. The minimum absolute atomic E-state index is 0.683. The first-order chi connectivity index (χ1) is 6.98. The lowest BCUT2D eigenvalue weighted by molar-refractivity contribution is -0.489. The van der Waals surface area contributed by atoms with Gasteiger partial charge < -0.3 is 15.6 Å². The number of benzene rings is 1. The Morgan fingerprint density at radius 2 is 1.93 bits per heavy atom. The largest absolute Gasteiger partial charge is 0.543 e. The highest BCUT2D eigenvalue weighted by atomic mass is 16.4. The fraction of sp³-hybridized carbons (Fsp3) is 0.417. The third-order valence-corrected chi connectivity index (χ3v) is 2.58. The summed E-state index contributed by atoms with van der Waals surface area (Å²) in [4.78, 5) is 10.9. The maximum Gasteiger partial charge on any atom is 0.157 e. The van der Waals surface area contributed by atoms with Gasteiger partial charge in [-0.05, 0) is 12.0 Å². The van der Waals surface area contributed by atoms with Crippen LogP contribution in [-0.2, 0) is 16.8 Å². The number of hydrogen-bond acceptors (Lipinski definition) is 2. The van der Waals surface area contributed by atoms with E-state index >= 15 is 0 Å². The molecule has 3 heteroatoms. The van der Waals surface area contributed by atoms with Gasteiger partial charge in [-0.2, -0.15) is 0 Å². The highest BCUT2D eigenvalue weighted by molar-refractivity contribution is 5.76. The summed E-state index contributed by atoms with van der Waals surface area (Å²) in [7, 11) is 0. The molecular formula is C12H17NO2. The van der Waals surface area contributed by atoms with Gasteiger partial charge in [0.25, 0.3) is 0 Å². The van der Waals surface area contributed by atoms with E-state index in [0.29, 0.717) is 5.56 Å². The fourth-order valence-electron chi connectivity index (χ4n) is 1.45. The van der Waals surface area contributed by atoms with E-state index in [-0.39, 0.29) is 0 Å². The number of carbonyl (C=O) groups is 1. The molecule has 82 valence electrons. The van der Waals surface area contributed by atoms with Crippen molar-refractivity contribution in [2.45, 2.75) is 32.2 Å². The first-order valence-electron chi connectivity index (χ1n) is 5.14. The van der Waals surface area contributed by atoms with Crippen LogP contribution in [0, 0.1) is 0 Å². The Labute approximate surface area is 89.9 Å². The molecule has 0 spiro atoms. The lowest BCUT2D eigenvalue weighted by Crippen LogP contribution is -2.75. The van der Waals surface area contributed by atoms with Crippen molar-refractivity contribution in [3.8, 4) is 0 Å². The molecule has 1 atom stereocenters. The first-order valence-corrected chi connectivity index (χ1v) is 5.14. The van der Waals surface area contributed by atoms with Crippen molar-refractivity contribution >= 4 is 5.97 Å². The lowest BCUT2D eigenvalue weighted by atomic mass is 9.92. The summed E-state index contributed by atoms with van der Waals surface area (Å²) < 4.78 is 0. The van der Waals surface area contributed by atoms with Gasteiger partial charge in [-0.3, -0.25) is 0 Å². The fourth-order valence-corrected chi connectivity index (χ4v) is 1.45. The Balaban J connectivity index is 2.93. The van der Waals surface area contributed by atoms with Gasteiger partial charge in [0.05, 0.1) is 0 Å². The Kier molecular flexibility index (Phi) is 3.48. The predicted molar refractivity (Wildman–Crippen MR) is 55.7 cm³/mol. The number of carboxylic acids is 1. The van der Waals surface area contributed by atoms with Crippen LogP contribution in [0.25, 0.3) is 0 Å². The van der Waals surface area contributed by atoms with Crippen LogP contribution in [0.15, 0.2) is 24.3 Å². The topological polar surface area (TPSA) is 67.8 Å². The first kappa shape index (κ1) is 11.7. The van der Waals surface area contributed by atoms with Gasteiger partial charge >= 0.3 is 0 Å². The van der Waals surface area contributed by atoms with Gasteiger partial charge in [-0.25, -0.2) is 0 Å². The van der Waals surface area contributed by atoms with Crippen molar-refractivity contribution in [2.75, 3.05) is 0 Å². The predicted octanol–water partition coefficient (Wildman–Crippen LogP) is -0.154. The van der Waals surface area contributed by atoms with Gasteiger partial charge in [0.1, 0.15) is 5.97 Å². The average molecular weight is 207 g/mol. The van der Waals surface area contributed by atoms with Crippen LogP contribution in [0.2, 0.25) is 0 Å². The number of quaternary nitrogens is 1. The van der Waals surface area contributed by atoms with E-state index in [0.717, 1.165) is 12.8 Å². The molecule has 0 fully saturated rings. The summed E-state index contributed by atoms with van der Waals surface area (Å²) in [6.45, 7) is 3.66. The van der Waals surface area contributed by atoms with Crippen LogP contribution in [0.4, 0.5) is 0 Å². The van der Waals surface area contributed by atoms with Crippen LogP contribution in [-0.4, -0.2) is 5.97 Å². The van der Waals surface area contributed by atoms with Gasteiger partial charge in [-0.15, -0.1) is 0 Å². The molecule has 0 saturated heterocycles. The monoisotopic (exact) mass is 207 g/mol. The van der Waals surface area contributed by atoms with E-state index in [9.17, 15) is 9.90 Å². The zero-order chi connectivity index (χ0) is 11.5. The number of carboxylic acid groups (broad SMARTS) is 1. The van der Waals surface area contributed by atoms with Crippen molar-refractivity contribution in [3.05, 3.63) is 35.4 Å². The molecule has 15 heavy (non-hydrogen) atoms. The van der Waals surface area contributed by atoms with Gasteiger partial charge in [0, 0.05) is 12.5 Å². The highest BCUT2D eigenvalue weighted by Crippen LogP contribution is 2.16. The molecule has 0 bridgehead atoms. The minimum atomic E-state index is -1.16. The Morgan fingerprint density at radius 1 is 1.40 bits per heavy atom. The number of aryl methyl sites for hydroxylation is 1. The smallest absolute Gasteiger partial charge is 0.157 e. The Hall–Kier alpha value is -1.35. The summed E-state index contributed by atoms with van der Waals surface area (Å²) in [5.41, 5.74) is 4.39. The van der Waals surface area contributed by atoms with Crippen molar-refractivity contribution in [3.63, 3.8) is 0 Å². The van der Waals surface area contributed by atoms with Crippen LogP contribution in [0.1, 0.15) is 31.4 Å². The number of hydrogen-bond donors (Lipinski definition) is 1. The maximum absolute atomic E-state index is 10.9. The maximum atomic E-state index is 10.9. The summed E-state index contributed by atoms with van der Waals surface area (Å²) in [6.07, 6.45) is 2.10. The molecule has 0 amide bonds. The summed E-state index contributed by atoms with van der Waals surface area (Å²) >= 11 is 0. The average Bonchev–Trinajstić information content (AvgIpc) is 2.19. The van der Waals surface area contributed by atoms with Crippen molar-refractivity contribution in [1.82, 2.24) is 0 Å². The van der Waals surface area contributed by atoms with E-state index in [2.05, 4.69) is 12.7 Å². The Morgan fingerprint density at radius 3 is 2.33 bits per heavy atom. The van der Waals surface area contributed by atoms with Crippen molar-refractivity contribution in [1.29, 1.82) is 0 Å². The molecule has 1 rings (SSSR count). The van der Waals surface area contributed by atoms with Gasteiger partial charge in [-0.1, -0.05) is 37.6 Å². The van der Waals surface area contributed by atoms with E-state index in [4.69, 9.17) is 0 Å².